The molecule has 0 amide bonds. The number of nitrogens with one attached hydrogen (secondary N) is 1. The Morgan fingerprint density at radius 1 is 1.44 bits per heavy atom. The lowest BCUT2D eigenvalue weighted by Gasteiger charge is -2.41. The monoisotopic (exact) mass is 257 g/mol. The summed E-state index contributed by atoms with van der Waals surface area (Å²) in [6.45, 7) is 9.96. The lowest BCUT2D eigenvalue weighted by atomic mass is 9.83. The van der Waals surface area contributed by atoms with E-state index in [2.05, 4.69) is 33.0 Å². The van der Waals surface area contributed by atoms with Gasteiger partial charge in [-0.05, 0) is 24.8 Å². The molecule has 106 valence electrons. The number of hydrogen-bond acceptors (Lipinski definition) is 4. The molecule has 0 aromatic carbocycles. The van der Waals surface area contributed by atoms with Crippen LogP contribution in [0.1, 0.15) is 40.5 Å². The number of carbonyl (C=O) groups excluding carboxylic acids is 1. The van der Waals surface area contributed by atoms with E-state index in [4.69, 9.17) is 9.47 Å². The predicted octanol–water partition coefficient (Wildman–Crippen LogP) is 1.98. The Balaban J connectivity index is 2.79. The first-order chi connectivity index (χ1) is 8.41. The van der Waals surface area contributed by atoms with Crippen molar-refractivity contribution in [3.8, 4) is 0 Å². The lowest BCUT2D eigenvalue weighted by molar-refractivity contribution is -0.157. The van der Waals surface area contributed by atoms with Gasteiger partial charge in [0.1, 0.15) is 5.54 Å². The SMILES string of the molecule is COC(=O)C1(NCC(C)C)CCOC(C(C)C)C1. The van der Waals surface area contributed by atoms with Gasteiger partial charge in [0.2, 0.25) is 0 Å². The molecular weight excluding hydrogens is 230 g/mol. The molecule has 1 fully saturated rings. The van der Waals surface area contributed by atoms with Crippen LogP contribution in [0.15, 0.2) is 0 Å². The summed E-state index contributed by atoms with van der Waals surface area (Å²) in [5.41, 5.74) is -0.563. The summed E-state index contributed by atoms with van der Waals surface area (Å²) < 4.78 is 10.7. The molecule has 1 aliphatic heterocycles. The number of ether oxygens (including phenoxy) is 2. The number of methoxy groups -OCH3 is 1. The summed E-state index contributed by atoms with van der Waals surface area (Å²) in [4.78, 5) is 12.1. The molecule has 18 heavy (non-hydrogen) atoms. The van der Waals surface area contributed by atoms with Crippen LogP contribution in [0.3, 0.4) is 0 Å². The van der Waals surface area contributed by atoms with E-state index in [0.717, 1.165) is 6.54 Å². The molecule has 1 saturated heterocycles. The Morgan fingerprint density at radius 2 is 2.11 bits per heavy atom. The summed E-state index contributed by atoms with van der Waals surface area (Å²) in [7, 11) is 1.46. The Kier molecular flexibility index (Phi) is 5.60. The largest absolute Gasteiger partial charge is 0.468 e. The highest BCUT2D eigenvalue weighted by Crippen LogP contribution is 2.30. The van der Waals surface area contributed by atoms with Gasteiger partial charge in [0.15, 0.2) is 0 Å². The average molecular weight is 257 g/mol. The molecule has 1 N–H and O–H groups in total. The summed E-state index contributed by atoms with van der Waals surface area (Å²) in [6, 6.07) is 0. The van der Waals surface area contributed by atoms with Gasteiger partial charge in [-0.15, -0.1) is 0 Å². The van der Waals surface area contributed by atoms with Crippen molar-refractivity contribution in [1.29, 1.82) is 0 Å². The van der Waals surface area contributed by atoms with Crippen LogP contribution in [0.25, 0.3) is 0 Å². The van der Waals surface area contributed by atoms with Crippen molar-refractivity contribution in [3.63, 3.8) is 0 Å². The Morgan fingerprint density at radius 3 is 2.61 bits per heavy atom. The number of rotatable bonds is 5. The van der Waals surface area contributed by atoms with Crippen LogP contribution in [0.5, 0.6) is 0 Å². The maximum atomic E-state index is 12.1. The van der Waals surface area contributed by atoms with Crippen molar-refractivity contribution in [2.24, 2.45) is 11.8 Å². The van der Waals surface area contributed by atoms with E-state index in [1.54, 1.807) is 0 Å². The summed E-state index contributed by atoms with van der Waals surface area (Å²) in [5, 5.41) is 3.42. The smallest absolute Gasteiger partial charge is 0.326 e. The van der Waals surface area contributed by atoms with E-state index < -0.39 is 5.54 Å². The average Bonchev–Trinajstić information content (AvgIpc) is 2.35. The normalized spacial score (nSPS) is 28.7. The lowest BCUT2D eigenvalue weighted by Crippen LogP contribution is -2.59. The summed E-state index contributed by atoms with van der Waals surface area (Å²) in [6.07, 6.45) is 1.51. The third-order valence-electron chi connectivity index (χ3n) is 3.58. The van der Waals surface area contributed by atoms with Crippen LogP contribution < -0.4 is 5.32 Å². The molecule has 2 unspecified atom stereocenters. The molecule has 0 aromatic rings. The molecule has 2 atom stereocenters. The fourth-order valence-corrected chi connectivity index (χ4v) is 2.33. The maximum Gasteiger partial charge on any atom is 0.326 e. The number of carbonyl (C=O) groups is 1. The van der Waals surface area contributed by atoms with Gasteiger partial charge < -0.3 is 14.8 Å². The molecule has 0 aliphatic carbocycles. The minimum absolute atomic E-state index is 0.123. The van der Waals surface area contributed by atoms with E-state index in [1.807, 2.05) is 0 Å². The second-order valence-electron chi connectivity index (χ2n) is 5.96. The molecule has 0 aromatic heterocycles. The Labute approximate surface area is 110 Å². The van der Waals surface area contributed by atoms with E-state index in [9.17, 15) is 4.79 Å². The fourth-order valence-electron chi connectivity index (χ4n) is 2.33. The highest BCUT2D eigenvalue weighted by Gasteiger charge is 2.44. The first-order valence-electron chi connectivity index (χ1n) is 6.86. The van der Waals surface area contributed by atoms with Gasteiger partial charge in [-0.25, -0.2) is 0 Å². The summed E-state index contributed by atoms with van der Waals surface area (Å²) >= 11 is 0. The Hall–Kier alpha value is -0.610. The van der Waals surface area contributed by atoms with Crippen LogP contribution in [0, 0.1) is 11.8 Å². The van der Waals surface area contributed by atoms with Crippen molar-refractivity contribution in [2.45, 2.75) is 52.2 Å². The maximum absolute atomic E-state index is 12.1. The highest BCUT2D eigenvalue weighted by molar-refractivity contribution is 5.81. The van der Waals surface area contributed by atoms with E-state index in [-0.39, 0.29) is 12.1 Å². The van der Waals surface area contributed by atoms with Crippen molar-refractivity contribution >= 4 is 5.97 Å². The minimum Gasteiger partial charge on any atom is -0.468 e. The molecule has 4 nitrogen and oxygen atoms in total. The van der Waals surface area contributed by atoms with E-state index in [0.29, 0.717) is 31.3 Å². The third-order valence-corrected chi connectivity index (χ3v) is 3.58. The molecule has 1 rings (SSSR count). The molecule has 1 heterocycles. The predicted molar refractivity (Wildman–Crippen MR) is 71.4 cm³/mol. The molecule has 0 saturated carbocycles. The fraction of sp³-hybridized carbons (Fsp3) is 0.929. The van der Waals surface area contributed by atoms with Gasteiger partial charge >= 0.3 is 5.97 Å². The molecule has 0 radical (unpaired) electrons. The van der Waals surface area contributed by atoms with E-state index in [1.165, 1.54) is 7.11 Å². The van der Waals surface area contributed by atoms with Crippen LogP contribution >= 0.6 is 0 Å². The first kappa shape index (κ1) is 15.4. The van der Waals surface area contributed by atoms with Gasteiger partial charge in [-0.1, -0.05) is 27.7 Å². The highest BCUT2D eigenvalue weighted by atomic mass is 16.5. The van der Waals surface area contributed by atoms with Crippen LogP contribution in [0.4, 0.5) is 0 Å². The quantitative estimate of drug-likeness (QED) is 0.765. The zero-order valence-corrected chi connectivity index (χ0v) is 12.3. The molecule has 1 aliphatic rings. The summed E-state index contributed by atoms with van der Waals surface area (Å²) in [5.74, 6) is 0.763. The van der Waals surface area contributed by atoms with Gasteiger partial charge in [-0.2, -0.15) is 0 Å². The molecule has 4 heteroatoms. The van der Waals surface area contributed by atoms with Gasteiger partial charge in [0, 0.05) is 13.0 Å². The van der Waals surface area contributed by atoms with Crippen molar-refractivity contribution in [3.05, 3.63) is 0 Å². The first-order valence-corrected chi connectivity index (χ1v) is 6.86. The second-order valence-corrected chi connectivity index (χ2v) is 5.96. The van der Waals surface area contributed by atoms with Gasteiger partial charge in [0.25, 0.3) is 0 Å². The van der Waals surface area contributed by atoms with Crippen LogP contribution in [-0.2, 0) is 14.3 Å². The second kappa shape index (κ2) is 6.53. The minimum atomic E-state index is -0.563. The van der Waals surface area contributed by atoms with Gasteiger partial charge in [-0.3, -0.25) is 4.79 Å². The Bertz CT molecular complexity index is 278. The zero-order chi connectivity index (χ0) is 13.8. The molecule has 0 spiro atoms. The number of hydrogen-bond donors (Lipinski definition) is 1. The zero-order valence-electron chi connectivity index (χ0n) is 12.3. The standard InChI is InChI=1S/C14H27NO3/c1-10(2)9-15-14(13(16)17-5)6-7-18-12(8-14)11(3)4/h10-12,15H,6-9H2,1-5H3. The third kappa shape index (κ3) is 3.69. The molecule has 0 bridgehead atoms. The van der Waals surface area contributed by atoms with Gasteiger partial charge in [0.05, 0.1) is 13.2 Å². The van der Waals surface area contributed by atoms with Crippen molar-refractivity contribution < 1.29 is 14.3 Å². The number of esters is 1. The van der Waals surface area contributed by atoms with Crippen molar-refractivity contribution in [1.82, 2.24) is 5.32 Å². The van der Waals surface area contributed by atoms with Crippen LogP contribution in [-0.4, -0.2) is 37.9 Å². The van der Waals surface area contributed by atoms with Crippen LogP contribution in [0.2, 0.25) is 0 Å². The van der Waals surface area contributed by atoms with Crippen molar-refractivity contribution in [2.75, 3.05) is 20.3 Å². The molecular formula is C14H27NO3. The van der Waals surface area contributed by atoms with E-state index >= 15 is 0 Å². The topological polar surface area (TPSA) is 47.6 Å².